The van der Waals surface area contributed by atoms with Crippen molar-refractivity contribution in [2.24, 2.45) is 0 Å². The molecule has 2 N–H and O–H groups in total. The van der Waals surface area contributed by atoms with Crippen LogP contribution in [0.5, 0.6) is 5.75 Å². The van der Waals surface area contributed by atoms with E-state index < -0.39 is 5.91 Å². The molecule has 0 atom stereocenters. The minimum Gasteiger partial charge on any atom is -0.504 e. The van der Waals surface area contributed by atoms with Gasteiger partial charge in [-0.1, -0.05) is 0 Å². The number of rotatable bonds is 5. The first-order valence-corrected chi connectivity index (χ1v) is 8.14. The average Bonchev–Trinajstić information content (AvgIpc) is 3.14. The summed E-state index contributed by atoms with van der Waals surface area (Å²) in [5.74, 6) is -1.08. The second-order valence-electron chi connectivity index (χ2n) is 5.15. The third-order valence-electron chi connectivity index (χ3n) is 3.33. The number of aromatic hydroxyl groups is 1. The molecule has 124 valence electrons. The molecule has 0 saturated carbocycles. The lowest BCUT2D eigenvalue weighted by Gasteiger charge is -2.02. The lowest BCUT2D eigenvalue weighted by molar-refractivity contribution is 0.0946. The van der Waals surface area contributed by atoms with Gasteiger partial charge in [0.2, 0.25) is 0 Å². The summed E-state index contributed by atoms with van der Waals surface area (Å²) in [6.45, 7) is 2.32. The number of carbonyl (C=O) groups excluding carboxylic acids is 1. The van der Waals surface area contributed by atoms with Crippen molar-refractivity contribution in [2.75, 3.05) is 6.54 Å². The summed E-state index contributed by atoms with van der Waals surface area (Å²) in [6, 6.07) is 5.58. The van der Waals surface area contributed by atoms with Gasteiger partial charge in [-0.25, -0.2) is 14.1 Å². The zero-order valence-corrected chi connectivity index (χ0v) is 13.7. The van der Waals surface area contributed by atoms with Gasteiger partial charge in [-0.15, -0.1) is 11.3 Å². The molecule has 3 rings (SSSR count). The second-order valence-corrected chi connectivity index (χ2v) is 6.21. The smallest absolute Gasteiger partial charge is 0.275 e. The fourth-order valence-corrected chi connectivity index (χ4v) is 2.81. The van der Waals surface area contributed by atoms with Gasteiger partial charge < -0.3 is 10.4 Å². The first-order chi connectivity index (χ1) is 11.5. The molecule has 0 bridgehead atoms. The molecular formula is C16H15FN4O2S. The molecular weight excluding hydrogens is 331 g/mol. The maximum absolute atomic E-state index is 12.9. The Labute approximate surface area is 141 Å². The highest BCUT2D eigenvalue weighted by molar-refractivity contribution is 7.09. The molecule has 24 heavy (non-hydrogen) atoms. The van der Waals surface area contributed by atoms with Crippen LogP contribution in [-0.4, -0.2) is 32.3 Å². The van der Waals surface area contributed by atoms with Gasteiger partial charge in [0.15, 0.2) is 11.4 Å². The molecule has 0 aliphatic heterocycles. The van der Waals surface area contributed by atoms with Gasteiger partial charge in [0.1, 0.15) is 5.82 Å². The molecule has 0 saturated heterocycles. The van der Waals surface area contributed by atoms with E-state index in [1.54, 1.807) is 11.3 Å². The van der Waals surface area contributed by atoms with Gasteiger partial charge in [0.25, 0.3) is 5.91 Å². The van der Waals surface area contributed by atoms with Crippen molar-refractivity contribution < 1.29 is 14.3 Å². The molecule has 0 radical (unpaired) electrons. The average molecular weight is 346 g/mol. The number of benzene rings is 1. The number of thiazole rings is 1. The first-order valence-electron chi connectivity index (χ1n) is 7.26. The van der Waals surface area contributed by atoms with Crippen molar-refractivity contribution in [3.63, 3.8) is 0 Å². The summed E-state index contributed by atoms with van der Waals surface area (Å²) in [7, 11) is 0. The molecule has 0 unspecified atom stereocenters. The third kappa shape index (κ3) is 3.60. The molecule has 6 nitrogen and oxygen atoms in total. The van der Waals surface area contributed by atoms with Crippen LogP contribution in [0.4, 0.5) is 4.39 Å². The van der Waals surface area contributed by atoms with Gasteiger partial charge >= 0.3 is 0 Å². The lowest BCUT2D eigenvalue weighted by atomic mass is 10.3. The van der Waals surface area contributed by atoms with E-state index in [1.807, 2.05) is 12.3 Å². The second kappa shape index (κ2) is 6.79. The Bertz CT molecular complexity index is 857. The zero-order chi connectivity index (χ0) is 17.1. The van der Waals surface area contributed by atoms with Crippen LogP contribution in [0, 0.1) is 12.7 Å². The first kappa shape index (κ1) is 16.1. The van der Waals surface area contributed by atoms with E-state index in [2.05, 4.69) is 15.4 Å². The summed E-state index contributed by atoms with van der Waals surface area (Å²) in [5, 5.41) is 19.6. The lowest BCUT2D eigenvalue weighted by Crippen LogP contribution is -2.26. The molecule has 0 aliphatic carbocycles. The molecule has 2 heterocycles. The highest BCUT2D eigenvalue weighted by Crippen LogP contribution is 2.18. The Balaban J connectivity index is 1.65. The highest BCUT2D eigenvalue weighted by atomic mass is 32.1. The van der Waals surface area contributed by atoms with E-state index >= 15 is 0 Å². The normalized spacial score (nSPS) is 10.8. The number of carbonyl (C=O) groups is 1. The summed E-state index contributed by atoms with van der Waals surface area (Å²) in [6.07, 6.45) is 1.92. The topological polar surface area (TPSA) is 80.0 Å². The van der Waals surface area contributed by atoms with E-state index in [1.165, 1.54) is 35.1 Å². The zero-order valence-electron chi connectivity index (χ0n) is 12.9. The fraction of sp³-hybridized carbons (Fsp3) is 0.188. The summed E-state index contributed by atoms with van der Waals surface area (Å²) in [4.78, 5) is 16.5. The Morgan fingerprint density at radius 3 is 2.79 bits per heavy atom. The molecule has 3 aromatic rings. The van der Waals surface area contributed by atoms with Crippen molar-refractivity contribution >= 4 is 17.2 Å². The predicted octanol–water partition coefficient (Wildman–Crippen LogP) is 2.45. The molecule has 1 amide bonds. The van der Waals surface area contributed by atoms with E-state index in [0.717, 1.165) is 10.7 Å². The van der Waals surface area contributed by atoms with Crippen LogP contribution in [0.25, 0.3) is 5.69 Å². The van der Waals surface area contributed by atoms with Crippen LogP contribution >= 0.6 is 11.3 Å². The van der Waals surface area contributed by atoms with Crippen molar-refractivity contribution in [3.8, 4) is 11.4 Å². The van der Waals surface area contributed by atoms with Crippen molar-refractivity contribution in [3.05, 3.63) is 58.1 Å². The quantitative estimate of drug-likeness (QED) is 0.744. The summed E-state index contributed by atoms with van der Waals surface area (Å²) >= 11 is 1.56. The Morgan fingerprint density at radius 1 is 1.38 bits per heavy atom. The van der Waals surface area contributed by atoms with Crippen LogP contribution in [0.2, 0.25) is 0 Å². The maximum atomic E-state index is 12.9. The molecule has 1 aromatic carbocycles. The SMILES string of the molecule is Cc1nc(CCNC(=O)c2nn(-c3ccc(F)cc3)cc2O)cs1. The predicted molar refractivity (Wildman–Crippen MR) is 88.1 cm³/mol. The minimum atomic E-state index is -0.472. The number of aromatic nitrogens is 3. The Hall–Kier alpha value is -2.74. The third-order valence-corrected chi connectivity index (χ3v) is 4.16. The van der Waals surface area contributed by atoms with Crippen LogP contribution in [0.15, 0.2) is 35.8 Å². The standard InChI is InChI=1S/C16H15FN4O2S/c1-10-19-12(9-24-10)6-7-18-16(23)15-14(22)8-21(20-15)13-4-2-11(17)3-5-13/h2-5,8-9,22H,6-7H2,1H3,(H,18,23). The van der Waals surface area contributed by atoms with Crippen LogP contribution in [0.3, 0.4) is 0 Å². The number of halogens is 1. The van der Waals surface area contributed by atoms with Crippen LogP contribution in [0.1, 0.15) is 21.2 Å². The van der Waals surface area contributed by atoms with E-state index in [0.29, 0.717) is 18.7 Å². The number of nitrogens with one attached hydrogen (secondary N) is 1. The van der Waals surface area contributed by atoms with Crippen molar-refractivity contribution in [1.82, 2.24) is 20.1 Å². The van der Waals surface area contributed by atoms with E-state index in [-0.39, 0.29) is 17.3 Å². The van der Waals surface area contributed by atoms with Crippen molar-refractivity contribution in [1.29, 1.82) is 0 Å². The number of aryl methyl sites for hydroxylation is 1. The molecule has 0 fully saturated rings. The van der Waals surface area contributed by atoms with E-state index in [9.17, 15) is 14.3 Å². The number of nitrogens with zero attached hydrogens (tertiary/aromatic N) is 3. The monoisotopic (exact) mass is 346 g/mol. The van der Waals surface area contributed by atoms with Gasteiger partial charge in [0, 0.05) is 18.3 Å². The summed E-state index contributed by atoms with van der Waals surface area (Å²) < 4.78 is 14.3. The maximum Gasteiger partial charge on any atom is 0.275 e. The largest absolute Gasteiger partial charge is 0.504 e. The van der Waals surface area contributed by atoms with Gasteiger partial charge in [-0.05, 0) is 31.2 Å². The molecule has 0 spiro atoms. The molecule has 8 heteroatoms. The van der Waals surface area contributed by atoms with Crippen molar-refractivity contribution in [2.45, 2.75) is 13.3 Å². The van der Waals surface area contributed by atoms with E-state index in [4.69, 9.17) is 0 Å². The van der Waals surface area contributed by atoms with Gasteiger partial charge in [-0.2, -0.15) is 5.10 Å². The minimum absolute atomic E-state index is 0.0752. The number of amides is 1. The number of hydrogen-bond donors (Lipinski definition) is 2. The molecule has 2 aromatic heterocycles. The van der Waals surface area contributed by atoms with Gasteiger partial charge in [0.05, 0.1) is 22.6 Å². The highest BCUT2D eigenvalue weighted by Gasteiger charge is 2.16. The number of hydrogen-bond acceptors (Lipinski definition) is 5. The molecule has 0 aliphatic rings. The Morgan fingerprint density at radius 2 is 2.12 bits per heavy atom. The Kier molecular flexibility index (Phi) is 4.57. The van der Waals surface area contributed by atoms with Crippen LogP contribution < -0.4 is 5.32 Å². The summed E-state index contributed by atoms with van der Waals surface area (Å²) in [5.41, 5.74) is 1.39. The fourth-order valence-electron chi connectivity index (χ4n) is 2.16. The van der Waals surface area contributed by atoms with Crippen LogP contribution in [-0.2, 0) is 6.42 Å². The van der Waals surface area contributed by atoms with Gasteiger partial charge in [-0.3, -0.25) is 4.79 Å².